The van der Waals surface area contributed by atoms with E-state index in [0.717, 1.165) is 16.7 Å². The molecular weight excluding hydrogens is 366 g/mol. The zero-order valence-electron chi connectivity index (χ0n) is 13.8. The molecule has 1 atom stereocenters. The highest BCUT2D eigenvalue weighted by Gasteiger charge is 2.19. The Morgan fingerprint density at radius 2 is 2.04 bits per heavy atom. The smallest absolute Gasteiger partial charge is 0.328 e. The van der Waals surface area contributed by atoms with Gasteiger partial charge in [-0.2, -0.15) is 4.98 Å². The number of fused-ring (bicyclic) bond motifs is 1. The highest BCUT2D eigenvalue weighted by Crippen LogP contribution is 2.19. The quantitative estimate of drug-likeness (QED) is 0.580. The molecule has 3 rings (SSSR count). The van der Waals surface area contributed by atoms with Gasteiger partial charge in [0.1, 0.15) is 15.2 Å². The van der Waals surface area contributed by atoms with Gasteiger partial charge in [0.25, 0.3) is 0 Å². The second kappa shape index (κ2) is 6.48. The molecule has 11 heteroatoms. The molecule has 1 aromatic carbocycles. The molecule has 0 bridgehead atoms. The first-order chi connectivity index (χ1) is 12.2. The van der Waals surface area contributed by atoms with E-state index in [-0.39, 0.29) is 34.4 Å². The first kappa shape index (κ1) is 18.0. The van der Waals surface area contributed by atoms with E-state index < -0.39 is 27.1 Å². The van der Waals surface area contributed by atoms with E-state index in [2.05, 4.69) is 15.0 Å². The molecule has 0 spiro atoms. The Morgan fingerprint density at radius 1 is 1.31 bits per heavy atom. The van der Waals surface area contributed by atoms with Gasteiger partial charge in [0.2, 0.25) is 5.16 Å². The zero-order chi connectivity index (χ0) is 19.1. The third kappa shape index (κ3) is 3.17. The maximum Gasteiger partial charge on any atom is 0.328 e. The minimum absolute atomic E-state index is 0.0514. The summed E-state index contributed by atoms with van der Waals surface area (Å²) in [5, 5.41) is -0.262. The van der Waals surface area contributed by atoms with Crippen molar-refractivity contribution in [1.29, 1.82) is 4.78 Å². The molecule has 8 nitrogen and oxygen atoms in total. The second-order valence-corrected chi connectivity index (χ2v) is 7.86. The molecule has 0 amide bonds. The van der Waals surface area contributed by atoms with Crippen LogP contribution >= 0.6 is 0 Å². The van der Waals surface area contributed by atoms with Crippen LogP contribution in [0.25, 0.3) is 11.2 Å². The summed E-state index contributed by atoms with van der Waals surface area (Å²) >= 11 is 0. The number of nitrogens with one attached hydrogen (secondary N) is 2. The summed E-state index contributed by atoms with van der Waals surface area (Å²) in [5.41, 5.74) is 5.74. The Morgan fingerprint density at radius 3 is 2.69 bits per heavy atom. The number of nitrogens with zero attached hydrogens (tertiary/aromatic N) is 3. The van der Waals surface area contributed by atoms with Gasteiger partial charge in [0, 0.05) is 5.75 Å². The van der Waals surface area contributed by atoms with Crippen molar-refractivity contribution in [2.45, 2.75) is 25.0 Å². The number of aromatic amines is 1. The van der Waals surface area contributed by atoms with Gasteiger partial charge in [-0.05, 0) is 24.1 Å². The molecule has 2 heterocycles. The number of H-pyrrole nitrogens is 1. The number of hydrogen-bond donors (Lipinski definition) is 3. The fraction of sp³-hybridized carbons (Fsp3) is 0.267. The van der Waals surface area contributed by atoms with Gasteiger partial charge in [0.05, 0.1) is 6.54 Å². The van der Waals surface area contributed by atoms with Crippen LogP contribution in [-0.4, -0.2) is 29.5 Å². The van der Waals surface area contributed by atoms with E-state index in [4.69, 9.17) is 10.5 Å². The van der Waals surface area contributed by atoms with E-state index in [9.17, 15) is 17.8 Å². The molecule has 0 aliphatic rings. The van der Waals surface area contributed by atoms with E-state index in [0.29, 0.717) is 12.0 Å². The SMILES string of the molecule is CCCS(=N)(=O)c1nc(N)c2[nH]c(=O)n(Cc3ccc(F)c(F)c3)c2n1. The van der Waals surface area contributed by atoms with Crippen LogP contribution in [0.4, 0.5) is 14.6 Å². The van der Waals surface area contributed by atoms with Crippen molar-refractivity contribution < 1.29 is 13.0 Å². The number of nitrogens with two attached hydrogens (primary N) is 1. The van der Waals surface area contributed by atoms with Gasteiger partial charge >= 0.3 is 5.69 Å². The largest absolute Gasteiger partial charge is 0.382 e. The third-order valence-corrected chi connectivity index (χ3v) is 5.50. The topological polar surface area (TPSA) is 131 Å². The molecule has 0 fully saturated rings. The molecule has 0 aliphatic heterocycles. The number of nitrogen functional groups attached to an aromatic ring is 1. The summed E-state index contributed by atoms with van der Waals surface area (Å²) in [5.74, 6) is -2.09. The normalized spacial score (nSPS) is 13.8. The molecular formula is C15H16F2N6O2S. The monoisotopic (exact) mass is 382 g/mol. The van der Waals surface area contributed by atoms with Gasteiger partial charge in [-0.3, -0.25) is 4.57 Å². The highest BCUT2D eigenvalue weighted by atomic mass is 32.2. The van der Waals surface area contributed by atoms with Crippen molar-refractivity contribution in [3.63, 3.8) is 0 Å². The number of halogens is 2. The predicted octanol–water partition coefficient (Wildman–Crippen LogP) is 1.84. The lowest BCUT2D eigenvalue weighted by Gasteiger charge is -2.08. The van der Waals surface area contributed by atoms with Crippen molar-refractivity contribution >= 4 is 26.7 Å². The maximum atomic E-state index is 13.4. The molecule has 0 saturated carbocycles. The van der Waals surface area contributed by atoms with Gasteiger partial charge < -0.3 is 10.7 Å². The first-order valence-corrected chi connectivity index (χ1v) is 9.42. The van der Waals surface area contributed by atoms with Crippen LogP contribution in [0.1, 0.15) is 18.9 Å². The van der Waals surface area contributed by atoms with Crippen molar-refractivity contribution in [2.75, 3.05) is 11.5 Å². The number of imidazole rings is 1. The van der Waals surface area contributed by atoms with Gasteiger partial charge in [0.15, 0.2) is 23.1 Å². The number of rotatable bonds is 5. The molecule has 26 heavy (non-hydrogen) atoms. The van der Waals surface area contributed by atoms with Crippen molar-refractivity contribution in [2.24, 2.45) is 0 Å². The minimum Gasteiger partial charge on any atom is -0.382 e. The molecule has 0 aliphatic carbocycles. The van der Waals surface area contributed by atoms with Crippen LogP contribution in [0.3, 0.4) is 0 Å². The lowest BCUT2D eigenvalue weighted by atomic mass is 10.2. The summed E-state index contributed by atoms with van der Waals surface area (Å²) in [7, 11) is -3.26. The molecule has 4 N–H and O–H groups in total. The summed E-state index contributed by atoms with van der Waals surface area (Å²) in [6.07, 6.45) is 0.485. The number of anilines is 1. The maximum absolute atomic E-state index is 13.4. The fourth-order valence-corrected chi connectivity index (χ4v) is 3.76. The fourth-order valence-electron chi connectivity index (χ4n) is 2.52. The van der Waals surface area contributed by atoms with Crippen LogP contribution in [0.2, 0.25) is 0 Å². The van der Waals surface area contributed by atoms with E-state index in [1.165, 1.54) is 6.07 Å². The Kier molecular flexibility index (Phi) is 4.48. The summed E-state index contributed by atoms with van der Waals surface area (Å²) < 4.78 is 48.0. The first-order valence-electron chi connectivity index (χ1n) is 7.69. The molecule has 1 unspecified atom stereocenters. The summed E-state index contributed by atoms with van der Waals surface area (Å²) in [6.45, 7) is 1.66. The van der Waals surface area contributed by atoms with Gasteiger partial charge in [-0.1, -0.05) is 13.0 Å². The minimum atomic E-state index is -3.26. The van der Waals surface area contributed by atoms with Gasteiger partial charge in [-0.25, -0.2) is 27.5 Å². The van der Waals surface area contributed by atoms with Crippen molar-refractivity contribution in [3.8, 4) is 0 Å². The van der Waals surface area contributed by atoms with E-state index in [1.54, 1.807) is 6.92 Å². The Hall–Kier alpha value is -2.82. The van der Waals surface area contributed by atoms with Crippen LogP contribution in [0.15, 0.2) is 28.2 Å². The standard InChI is InChI=1S/C15H16F2N6O2S/c1-2-5-26(19,25)14-21-12(18)11-13(22-14)23(15(24)20-11)7-8-3-4-9(16)10(17)6-8/h3-4,6,19H,2,5,7H2,1H3,(H,20,24)(H2,18,21,22). The average molecular weight is 382 g/mol. The van der Waals surface area contributed by atoms with Crippen LogP contribution in [-0.2, 0) is 16.3 Å². The van der Waals surface area contributed by atoms with E-state index >= 15 is 0 Å². The third-order valence-electron chi connectivity index (χ3n) is 3.74. The highest BCUT2D eigenvalue weighted by molar-refractivity contribution is 7.92. The average Bonchev–Trinajstić information content (AvgIpc) is 2.88. The Bertz CT molecular complexity index is 1150. The lowest BCUT2D eigenvalue weighted by Crippen LogP contribution is -2.18. The van der Waals surface area contributed by atoms with Crippen LogP contribution in [0, 0.1) is 16.4 Å². The zero-order valence-corrected chi connectivity index (χ0v) is 14.6. The predicted molar refractivity (Wildman–Crippen MR) is 92.3 cm³/mol. The molecule has 0 saturated heterocycles. The van der Waals surface area contributed by atoms with Crippen LogP contribution in [0.5, 0.6) is 0 Å². The Balaban J connectivity index is 2.16. The second-order valence-electron chi connectivity index (χ2n) is 5.73. The van der Waals surface area contributed by atoms with Crippen LogP contribution < -0.4 is 11.4 Å². The lowest BCUT2D eigenvalue weighted by molar-refractivity contribution is 0.506. The molecule has 0 radical (unpaired) electrons. The summed E-state index contributed by atoms with van der Waals surface area (Å²) in [6, 6.07) is 3.26. The van der Waals surface area contributed by atoms with Crippen molar-refractivity contribution in [3.05, 3.63) is 45.9 Å². The van der Waals surface area contributed by atoms with E-state index in [1.807, 2.05) is 0 Å². The number of aromatic nitrogens is 4. The summed E-state index contributed by atoms with van der Waals surface area (Å²) in [4.78, 5) is 22.7. The molecule has 2 aromatic heterocycles. The molecule has 138 valence electrons. The van der Waals surface area contributed by atoms with Gasteiger partial charge in [-0.15, -0.1) is 0 Å². The number of benzene rings is 1. The number of hydrogen-bond acceptors (Lipinski definition) is 6. The van der Waals surface area contributed by atoms with Crippen molar-refractivity contribution in [1.82, 2.24) is 19.5 Å². The molecule has 3 aromatic rings. The Labute approximate surface area is 147 Å².